The summed E-state index contributed by atoms with van der Waals surface area (Å²) < 4.78 is 36.0. The van der Waals surface area contributed by atoms with Gasteiger partial charge in [0.15, 0.2) is 0 Å². The second-order valence-electron chi connectivity index (χ2n) is 13.7. The van der Waals surface area contributed by atoms with Crippen molar-refractivity contribution in [3.8, 4) is 5.75 Å². The van der Waals surface area contributed by atoms with Gasteiger partial charge in [-0.05, 0) is 75.8 Å². The lowest BCUT2D eigenvalue weighted by atomic mass is 9.90. The average Bonchev–Trinajstić information content (AvgIpc) is 3.70. The maximum Gasteiger partial charge on any atom is 0.280 e. The first-order valence-electron chi connectivity index (χ1n) is 17.3. The number of carbonyl (C=O) groups excluding carboxylic acids is 2. The van der Waals surface area contributed by atoms with E-state index in [9.17, 15) is 18.4 Å². The molecular formula is C37H42F2N8O3. The Morgan fingerprint density at radius 3 is 2.50 bits per heavy atom. The molecule has 2 aliphatic heterocycles. The van der Waals surface area contributed by atoms with Crippen molar-refractivity contribution in [3.05, 3.63) is 78.0 Å². The molecule has 7 rings (SSSR count). The van der Waals surface area contributed by atoms with Crippen LogP contribution in [0.15, 0.2) is 61.1 Å². The molecule has 2 aliphatic rings. The van der Waals surface area contributed by atoms with Gasteiger partial charge in [0.1, 0.15) is 22.9 Å². The highest BCUT2D eigenvalue weighted by Crippen LogP contribution is 2.32. The highest BCUT2D eigenvalue weighted by molar-refractivity contribution is 6.05. The van der Waals surface area contributed by atoms with Crippen LogP contribution in [0.5, 0.6) is 5.75 Å². The van der Waals surface area contributed by atoms with Crippen LogP contribution in [0.2, 0.25) is 0 Å². The molecule has 2 fully saturated rings. The minimum absolute atomic E-state index is 0.0281. The van der Waals surface area contributed by atoms with E-state index in [1.54, 1.807) is 16.7 Å². The van der Waals surface area contributed by atoms with Gasteiger partial charge < -0.3 is 24.3 Å². The molecule has 0 bridgehead atoms. The van der Waals surface area contributed by atoms with Gasteiger partial charge in [-0.3, -0.25) is 14.3 Å². The molecule has 0 unspecified atom stereocenters. The summed E-state index contributed by atoms with van der Waals surface area (Å²) in [6.07, 6.45) is 6.68. The minimum Gasteiger partial charge on any atom is -0.490 e. The number of nitrogens with zero attached hydrogens (tertiary/aromatic N) is 7. The van der Waals surface area contributed by atoms with Crippen LogP contribution in [-0.4, -0.2) is 73.1 Å². The van der Waals surface area contributed by atoms with Gasteiger partial charge in [-0.15, -0.1) is 0 Å². The van der Waals surface area contributed by atoms with E-state index in [4.69, 9.17) is 9.72 Å². The third kappa shape index (κ3) is 7.12. The number of imidazole rings is 1. The summed E-state index contributed by atoms with van der Waals surface area (Å²) >= 11 is 0. The van der Waals surface area contributed by atoms with E-state index < -0.39 is 18.0 Å². The molecule has 1 aromatic carbocycles. The van der Waals surface area contributed by atoms with Gasteiger partial charge in [-0.2, -0.15) is 5.10 Å². The van der Waals surface area contributed by atoms with Crippen LogP contribution in [-0.2, 0) is 11.8 Å². The van der Waals surface area contributed by atoms with Crippen molar-refractivity contribution in [2.75, 3.05) is 36.4 Å². The molecule has 0 aliphatic carbocycles. The predicted octanol–water partition coefficient (Wildman–Crippen LogP) is 6.61. The Morgan fingerprint density at radius 2 is 1.76 bits per heavy atom. The van der Waals surface area contributed by atoms with Crippen LogP contribution in [0, 0.1) is 5.92 Å². The van der Waals surface area contributed by atoms with Crippen molar-refractivity contribution in [2.45, 2.75) is 64.4 Å². The standard InChI is InChI=1S/C37H42F2N8O3/c1-23(2)50-32-19-34-42-30(22-47(34)21-28(32)37(49)43-33-6-4-5-29(41-33)36(38)39)25-11-15-46(16-12-25)35(48)17-24-9-13-45(14-10-24)27-8-7-26-20-40-44(3)31(26)18-27/h4-8,18-25,36H,9-17H2,1-3H3,(H,41,43,49). The summed E-state index contributed by atoms with van der Waals surface area (Å²) in [6.45, 7) is 6.96. The van der Waals surface area contributed by atoms with Gasteiger partial charge in [0.05, 0.1) is 29.1 Å². The fraction of sp³-hybridized carbons (Fsp3) is 0.432. The van der Waals surface area contributed by atoms with Gasteiger partial charge in [-0.1, -0.05) is 6.07 Å². The molecule has 0 radical (unpaired) electrons. The number of aryl methyl sites for hydroxylation is 1. The van der Waals surface area contributed by atoms with Crippen LogP contribution in [0.25, 0.3) is 16.6 Å². The van der Waals surface area contributed by atoms with Gasteiger partial charge in [-0.25, -0.2) is 18.7 Å². The number of anilines is 2. The van der Waals surface area contributed by atoms with E-state index in [0.717, 1.165) is 55.4 Å². The molecule has 4 aromatic heterocycles. The number of benzene rings is 1. The number of nitrogens with one attached hydrogen (secondary N) is 1. The van der Waals surface area contributed by atoms with E-state index in [1.165, 1.54) is 23.9 Å². The number of pyridine rings is 2. The maximum absolute atomic E-state index is 13.4. The normalized spacial score (nSPS) is 16.2. The number of amides is 2. The Kier molecular flexibility index (Phi) is 9.39. The topological polar surface area (TPSA) is 110 Å². The van der Waals surface area contributed by atoms with E-state index >= 15 is 0 Å². The Balaban J connectivity index is 0.958. The number of carbonyl (C=O) groups is 2. The fourth-order valence-corrected chi connectivity index (χ4v) is 7.11. The number of likely N-dealkylation sites (tertiary alicyclic amines) is 1. The van der Waals surface area contributed by atoms with Crippen LogP contribution in [0.1, 0.15) is 80.0 Å². The number of hydrogen-bond donors (Lipinski definition) is 1. The summed E-state index contributed by atoms with van der Waals surface area (Å²) in [5, 5.41) is 8.12. The Labute approximate surface area is 289 Å². The van der Waals surface area contributed by atoms with Gasteiger partial charge in [0, 0.05) is 75.1 Å². The van der Waals surface area contributed by atoms with Crippen molar-refractivity contribution in [1.82, 2.24) is 29.0 Å². The van der Waals surface area contributed by atoms with Gasteiger partial charge >= 0.3 is 0 Å². The summed E-state index contributed by atoms with van der Waals surface area (Å²) in [7, 11) is 1.96. The number of rotatable bonds is 9. The molecule has 5 aromatic rings. The third-order valence-electron chi connectivity index (χ3n) is 9.86. The quantitative estimate of drug-likeness (QED) is 0.186. The first-order valence-corrected chi connectivity index (χ1v) is 17.3. The van der Waals surface area contributed by atoms with Crippen molar-refractivity contribution in [1.29, 1.82) is 0 Å². The Morgan fingerprint density at radius 1 is 0.980 bits per heavy atom. The summed E-state index contributed by atoms with van der Waals surface area (Å²) in [5.41, 5.74) is 3.68. The number of aromatic nitrogens is 5. The Bertz CT molecular complexity index is 2010. The smallest absolute Gasteiger partial charge is 0.280 e. The maximum atomic E-state index is 13.4. The molecule has 0 spiro atoms. The molecule has 2 amide bonds. The highest BCUT2D eigenvalue weighted by Gasteiger charge is 2.29. The second kappa shape index (κ2) is 14.0. The van der Waals surface area contributed by atoms with E-state index in [-0.39, 0.29) is 29.3 Å². The van der Waals surface area contributed by atoms with E-state index in [1.807, 2.05) is 42.9 Å². The van der Waals surface area contributed by atoms with Crippen LogP contribution < -0.4 is 15.0 Å². The Hall–Kier alpha value is -5.07. The number of hydrogen-bond acceptors (Lipinski definition) is 7. The molecule has 13 heteroatoms. The van der Waals surface area contributed by atoms with Crippen molar-refractivity contribution in [3.63, 3.8) is 0 Å². The summed E-state index contributed by atoms with van der Waals surface area (Å²) in [6, 6.07) is 12.3. The average molecular weight is 685 g/mol. The van der Waals surface area contributed by atoms with E-state index in [2.05, 4.69) is 38.5 Å². The van der Waals surface area contributed by atoms with Crippen LogP contribution in [0.4, 0.5) is 20.3 Å². The highest BCUT2D eigenvalue weighted by atomic mass is 19.3. The predicted molar refractivity (Wildman–Crippen MR) is 187 cm³/mol. The zero-order valence-corrected chi connectivity index (χ0v) is 28.6. The lowest BCUT2D eigenvalue weighted by Gasteiger charge is -2.36. The van der Waals surface area contributed by atoms with Crippen LogP contribution >= 0.6 is 0 Å². The molecule has 0 atom stereocenters. The molecule has 6 heterocycles. The first-order chi connectivity index (χ1) is 24.1. The number of halogens is 2. The number of ether oxygens (including phenoxy) is 1. The largest absolute Gasteiger partial charge is 0.490 e. The van der Waals surface area contributed by atoms with E-state index in [0.29, 0.717) is 36.8 Å². The summed E-state index contributed by atoms with van der Waals surface area (Å²) in [4.78, 5) is 39.8. The summed E-state index contributed by atoms with van der Waals surface area (Å²) in [5.74, 6) is 0.626. The molecule has 50 heavy (non-hydrogen) atoms. The zero-order valence-electron chi connectivity index (χ0n) is 28.6. The molecule has 2 saturated heterocycles. The van der Waals surface area contributed by atoms with Crippen molar-refractivity contribution < 1.29 is 23.1 Å². The molecular weight excluding hydrogens is 642 g/mol. The number of fused-ring (bicyclic) bond motifs is 2. The minimum atomic E-state index is -2.75. The SMILES string of the molecule is CC(C)Oc1cc2nc(C3CCN(C(=O)CC4CCN(c5ccc6cnn(C)c6c5)CC4)CC3)cn2cc1C(=O)Nc1cccc(C(F)F)n1. The zero-order chi connectivity index (χ0) is 34.9. The first kappa shape index (κ1) is 33.4. The molecule has 262 valence electrons. The fourth-order valence-electron chi connectivity index (χ4n) is 7.11. The van der Waals surface area contributed by atoms with Crippen molar-refractivity contribution in [2.24, 2.45) is 13.0 Å². The van der Waals surface area contributed by atoms with Gasteiger partial charge in [0.25, 0.3) is 12.3 Å². The molecule has 11 nitrogen and oxygen atoms in total. The van der Waals surface area contributed by atoms with Gasteiger partial charge in [0.2, 0.25) is 5.91 Å². The lowest BCUT2D eigenvalue weighted by Crippen LogP contribution is -2.40. The number of alkyl halides is 2. The monoisotopic (exact) mass is 684 g/mol. The van der Waals surface area contributed by atoms with Crippen LogP contribution in [0.3, 0.4) is 0 Å². The van der Waals surface area contributed by atoms with Crippen molar-refractivity contribution >= 4 is 39.9 Å². The molecule has 1 N–H and O–H groups in total. The third-order valence-corrected chi connectivity index (χ3v) is 9.86. The lowest BCUT2D eigenvalue weighted by molar-refractivity contribution is -0.133. The molecule has 0 saturated carbocycles. The second-order valence-corrected chi connectivity index (χ2v) is 13.7. The number of piperidine rings is 2.